The summed E-state index contributed by atoms with van der Waals surface area (Å²) < 4.78 is 16.2. The highest BCUT2D eigenvalue weighted by Gasteiger charge is 2.23. The topological polar surface area (TPSA) is 86.0 Å². The van der Waals surface area contributed by atoms with Gasteiger partial charge in [0.1, 0.15) is 0 Å². The first-order valence-corrected chi connectivity index (χ1v) is 7.24. The summed E-state index contributed by atoms with van der Waals surface area (Å²) in [6, 6.07) is 4.13. The Morgan fingerprint density at radius 1 is 1.43 bits per heavy atom. The Labute approximate surface area is 125 Å². The van der Waals surface area contributed by atoms with Crippen molar-refractivity contribution in [3.05, 3.63) is 17.7 Å². The highest BCUT2D eigenvalue weighted by Crippen LogP contribution is 2.42. The van der Waals surface area contributed by atoms with Crippen molar-refractivity contribution in [2.75, 3.05) is 27.1 Å². The van der Waals surface area contributed by atoms with Crippen LogP contribution in [0.15, 0.2) is 12.1 Å². The maximum Gasteiger partial charge on any atom is 0.231 e. The van der Waals surface area contributed by atoms with Crippen LogP contribution in [0.25, 0.3) is 0 Å². The zero-order chi connectivity index (χ0) is 15.2. The van der Waals surface area contributed by atoms with Gasteiger partial charge in [-0.05, 0) is 37.5 Å². The number of aliphatic hydroxyl groups excluding tert-OH is 1. The van der Waals surface area contributed by atoms with Crippen molar-refractivity contribution in [3.63, 3.8) is 0 Å². The lowest BCUT2D eigenvalue weighted by Crippen LogP contribution is -2.35. The molecule has 4 N–H and O–H groups in total. The highest BCUT2D eigenvalue weighted by atomic mass is 16.7. The Kier molecular flexibility index (Phi) is 5.67. The predicted octanol–water partition coefficient (Wildman–Crippen LogP) is 1.17. The third-order valence-electron chi connectivity index (χ3n) is 3.60. The van der Waals surface area contributed by atoms with Crippen molar-refractivity contribution >= 4 is 0 Å². The molecule has 6 heteroatoms. The van der Waals surface area contributed by atoms with Crippen LogP contribution >= 0.6 is 0 Å². The fourth-order valence-electron chi connectivity index (χ4n) is 2.48. The standard InChI is InChI=1S/C15H24N2O4/c1-10(4-3-5-18)17-12(8-16)11-6-13(19-2)15-14(7-11)20-9-21-15/h6-7,10,12,17-18H,3-5,8-9,16H2,1-2H3. The summed E-state index contributed by atoms with van der Waals surface area (Å²) in [5, 5.41) is 12.4. The first-order valence-electron chi connectivity index (χ1n) is 7.24. The zero-order valence-corrected chi connectivity index (χ0v) is 12.6. The Bertz CT molecular complexity index is 467. The Balaban J connectivity index is 2.14. The van der Waals surface area contributed by atoms with Crippen molar-refractivity contribution in [2.45, 2.75) is 31.8 Å². The summed E-state index contributed by atoms with van der Waals surface area (Å²) in [5.74, 6) is 1.99. The van der Waals surface area contributed by atoms with Gasteiger partial charge in [-0.3, -0.25) is 0 Å². The minimum absolute atomic E-state index is 0.00194. The van der Waals surface area contributed by atoms with Crippen molar-refractivity contribution in [1.82, 2.24) is 5.32 Å². The van der Waals surface area contributed by atoms with Crippen LogP contribution in [-0.4, -0.2) is 38.2 Å². The number of nitrogens with two attached hydrogens (primary N) is 1. The molecular weight excluding hydrogens is 272 g/mol. The molecule has 1 aliphatic rings. The third-order valence-corrected chi connectivity index (χ3v) is 3.60. The lowest BCUT2D eigenvalue weighted by Gasteiger charge is -2.23. The maximum atomic E-state index is 8.90. The number of rotatable bonds is 8. The minimum atomic E-state index is 0.00194. The van der Waals surface area contributed by atoms with Gasteiger partial charge in [0.05, 0.1) is 7.11 Å². The van der Waals surface area contributed by atoms with Gasteiger partial charge in [0.25, 0.3) is 0 Å². The molecule has 0 amide bonds. The van der Waals surface area contributed by atoms with E-state index in [0.29, 0.717) is 23.8 Å². The van der Waals surface area contributed by atoms with Crippen molar-refractivity contribution in [3.8, 4) is 17.2 Å². The SMILES string of the molecule is COc1cc(C(CN)NC(C)CCCO)cc2c1OCO2. The average molecular weight is 296 g/mol. The van der Waals surface area contributed by atoms with E-state index in [4.69, 9.17) is 25.1 Å². The van der Waals surface area contributed by atoms with Gasteiger partial charge in [0, 0.05) is 25.2 Å². The molecule has 6 nitrogen and oxygen atoms in total. The van der Waals surface area contributed by atoms with Crippen LogP contribution < -0.4 is 25.3 Å². The van der Waals surface area contributed by atoms with E-state index in [1.807, 2.05) is 12.1 Å². The van der Waals surface area contributed by atoms with Crippen LogP contribution in [0.3, 0.4) is 0 Å². The smallest absolute Gasteiger partial charge is 0.231 e. The number of hydrogen-bond donors (Lipinski definition) is 3. The fourth-order valence-corrected chi connectivity index (χ4v) is 2.48. The average Bonchev–Trinajstić information content (AvgIpc) is 2.97. The van der Waals surface area contributed by atoms with Crippen LogP contribution in [0, 0.1) is 0 Å². The van der Waals surface area contributed by atoms with E-state index in [0.717, 1.165) is 18.4 Å². The maximum absolute atomic E-state index is 8.90. The molecule has 2 rings (SSSR count). The second-order valence-electron chi connectivity index (χ2n) is 5.18. The van der Waals surface area contributed by atoms with Gasteiger partial charge in [-0.1, -0.05) is 0 Å². The Morgan fingerprint density at radius 2 is 2.24 bits per heavy atom. The van der Waals surface area contributed by atoms with Crippen LogP contribution in [0.5, 0.6) is 17.2 Å². The van der Waals surface area contributed by atoms with Gasteiger partial charge in [0.15, 0.2) is 11.5 Å². The number of aliphatic hydroxyl groups is 1. The van der Waals surface area contributed by atoms with E-state index >= 15 is 0 Å². The molecule has 0 fully saturated rings. The number of hydrogen-bond acceptors (Lipinski definition) is 6. The van der Waals surface area contributed by atoms with Crippen molar-refractivity contribution in [1.29, 1.82) is 0 Å². The van der Waals surface area contributed by atoms with E-state index in [1.54, 1.807) is 7.11 Å². The molecule has 21 heavy (non-hydrogen) atoms. The first-order chi connectivity index (χ1) is 10.2. The molecule has 2 atom stereocenters. The molecule has 0 spiro atoms. The summed E-state index contributed by atoms with van der Waals surface area (Å²) in [4.78, 5) is 0. The van der Waals surface area contributed by atoms with Crippen molar-refractivity contribution in [2.24, 2.45) is 5.73 Å². The molecule has 0 saturated carbocycles. The van der Waals surface area contributed by atoms with Crippen LogP contribution in [-0.2, 0) is 0 Å². The summed E-state index contributed by atoms with van der Waals surface area (Å²) in [5.41, 5.74) is 6.90. The predicted molar refractivity (Wildman–Crippen MR) is 79.8 cm³/mol. The summed E-state index contributed by atoms with van der Waals surface area (Å²) in [7, 11) is 1.61. The summed E-state index contributed by atoms with van der Waals surface area (Å²) in [6.07, 6.45) is 1.67. The molecule has 2 unspecified atom stereocenters. The number of methoxy groups -OCH3 is 1. The zero-order valence-electron chi connectivity index (χ0n) is 12.6. The number of ether oxygens (including phenoxy) is 3. The molecule has 0 radical (unpaired) electrons. The van der Waals surface area contributed by atoms with E-state index in [9.17, 15) is 0 Å². The molecule has 1 heterocycles. The lowest BCUT2D eigenvalue weighted by molar-refractivity contribution is 0.171. The lowest BCUT2D eigenvalue weighted by atomic mass is 10.0. The van der Waals surface area contributed by atoms with Crippen molar-refractivity contribution < 1.29 is 19.3 Å². The van der Waals surface area contributed by atoms with Crippen LogP contribution in [0.4, 0.5) is 0 Å². The summed E-state index contributed by atoms with van der Waals surface area (Å²) in [6.45, 7) is 2.97. The third kappa shape index (κ3) is 3.78. The molecule has 1 aliphatic heterocycles. The Hall–Kier alpha value is -1.50. The van der Waals surface area contributed by atoms with Crippen LogP contribution in [0.1, 0.15) is 31.4 Å². The molecule has 0 aliphatic carbocycles. The van der Waals surface area contributed by atoms with Gasteiger partial charge in [-0.15, -0.1) is 0 Å². The first kappa shape index (κ1) is 15.9. The molecule has 0 saturated heterocycles. The Morgan fingerprint density at radius 3 is 2.90 bits per heavy atom. The monoisotopic (exact) mass is 296 g/mol. The fraction of sp³-hybridized carbons (Fsp3) is 0.600. The van der Waals surface area contributed by atoms with Gasteiger partial charge >= 0.3 is 0 Å². The quantitative estimate of drug-likeness (QED) is 0.668. The minimum Gasteiger partial charge on any atom is -0.493 e. The number of benzene rings is 1. The van der Waals surface area contributed by atoms with E-state index in [2.05, 4.69) is 12.2 Å². The van der Waals surface area contributed by atoms with E-state index in [-0.39, 0.29) is 25.5 Å². The second kappa shape index (κ2) is 7.49. The molecule has 118 valence electrons. The number of fused-ring (bicyclic) bond motifs is 1. The largest absolute Gasteiger partial charge is 0.493 e. The second-order valence-corrected chi connectivity index (χ2v) is 5.18. The van der Waals surface area contributed by atoms with Gasteiger partial charge < -0.3 is 30.4 Å². The van der Waals surface area contributed by atoms with Gasteiger partial charge in [-0.2, -0.15) is 0 Å². The molecule has 0 aromatic heterocycles. The number of nitrogens with one attached hydrogen (secondary N) is 1. The van der Waals surface area contributed by atoms with Gasteiger partial charge in [0.2, 0.25) is 12.5 Å². The normalized spacial score (nSPS) is 15.8. The molecular formula is C15H24N2O4. The van der Waals surface area contributed by atoms with Crippen LogP contribution in [0.2, 0.25) is 0 Å². The molecule has 1 aromatic carbocycles. The van der Waals surface area contributed by atoms with E-state index in [1.165, 1.54) is 0 Å². The molecule has 0 bridgehead atoms. The van der Waals surface area contributed by atoms with Gasteiger partial charge in [-0.25, -0.2) is 0 Å². The molecule has 1 aromatic rings. The summed E-state index contributed by atoms with van der Waals surface area (Å²) >= 11 is 0. The highest BCUT2D eigenvalue weighted by molar-refractivity contribution is 5.55. The van der Waals surface area contributed by atoms with E-state index < -0.39 is 0 Å².